The number of fused-ring (bicyclic) bond motifs is 1. The maximum atomic E-state index is 12.4. The van der Waals surface area contributed by atoms with Crippen molar-refractivity contribution in [2.24, 2.45) is 0 Å². The Kier molecular flexibility index (Phi) is 10.6. The zero-order chi connectivity index (χ0) is 30.0. The summed E-state index contributed by atoms with van der Waals surface area (Å²) in [6, 6.07) is 12.6. The predicted octanol–water partition coefficient (Wildman–Crippen LogP) is 5.79. The van der Waals surface area contributed by atoms with Crippen LogP contribution in [0.2, 0.25) is 0 Å². The molecule has 0 saturated carbocycles. The van der Waals surface area contributed by atoms with E-state index in [1.165, 1.54) is 0 Å². The third-order valence-electron chi connectivity index (χ3n) is 6.39. The standard InChI is InChI=1S/C30H34N6O4.C2H6/c1-30(2,3)26-20-27(34-40-26)33-29(37)32-23-11-13-36-21-24(31-28(36)19-23)8-5-22-6-9-25(10-7-22)39-16-4-12-35-14-17-38-18-15-35;1-2/h6-7,9-11,13,19-21H,4,12,14-18H2,1-3H3,(H2,32,33,34,37);1-2H3. The Hall–Kier alpha value is -4.33. The summed E-state index contributed by atoms with van der Waals surface area (Å²) < 4.78 is 18.4. The van der Waals surface area contributed by atoms with E-state index in [1.54, 1.807) is 18.2 Å². The highest BCUT2D eigenvalue weighted by Crippen LogP contribution is 2.24. The van der Waals surface area contributed by atoms with Crippen LogP contribution in [0, 0.1) is 11.8 Å². The van der Waals surface area contributed by atoms with E-state index in [4.69, 9.17) is 14.0 Å². The Morgan fingerprint density at radius 1 is 1.05 bits per heavy atom. The van der Waals surface area contributed by atoms with Gasteiger partial charge in [-0.1, -0.05) is 45.7 Å². The van der Waals surface area contributed by atoms with Crippen LogP contribution in [0.25, 0.3) is 5.65 Å². The second kappa shape index (κ2) is 14.5. The van der Waals surface area contributed by atoms with Gasteiger partial charge in [0.25, 0.3) is 0 Å². The number of carbonyl (C=O) groups is 1. The molecule has 0 unspecified atom stereocenters. The number of nitrogens with one attached hydrogen (secondary N) is 2. The summed E-state index contributed by atoms with van der Waals surface area (Å²) in [4.78, 5) is 19.4. The third kappa shape index (κ3) is 8.83. The van der Waals surface area contributed by atoms with Crippen LogP contribution in [0.3, 0.4) is 0 Å². The number of anilines is 2. The van der Waals surface area contributed by atoms with Gasteiger partial charge in [-0.25, -0.2) is 9.78 Å². The highest BCUT2D eigenvalue weighted by molar-refractivity contribution is 5.99. The molecule has 0 atom stereocenters. The number of hydrogen-bond donors (Lipinski definition) is 2. The van der Waals surface area contributed by atoms with Crippen molar-refractivity contribution in [2.75, 3.05) is 50.1 Å². The molecule has 0 spiro atoms. The lowest BCUT2D eigenvalue weighted by molar-refractivity contribution is 0.0358. The summed E-state index contributed by atoms with van der Waals surface area (Å²) in [5.74, 6) is 8.14. The SMILES string of the molecule is CC.CC(C)(C)c1cc(NC(=O)Nc2ccn3cc(C#Cc4ccc(OCCCN5CCOCC5)cc4)nc3c2)no1. The van der Waals surface area contributed by atoms with Gasteiger partial charge in [0.1, 0.15) is 22.9 Å². The van der Waals surface area contributed by atoms with Crippen LogP contribution in [0.4, 0.5) is 16.3 Å². The molecule has 0 bridgehead atoms. The summed E-state index contributed by atoms with van der Waals surface area (Å²) in [6.45, 7) is 15.4. The summed E-state index contributed by atoms with van der Waals surface area (Å²) in [5.41, 5.74) is 2.56. The fraction of sp³-hybridized carbons (Fsp3) is 0.406. The van der Waals surface area contributed by atoms with Crippen LogP contribution in [-0.4, -0.2) is 64.9 Å². The number of carbonyl (C=O) groups excluding carboxylic acids is 1. The fourth-order valence-electron chi connectivity index (χ4n) is 4.16. The van der Waals surface area contributed by atoms with Gasteiger partial charge in [0.2, 0.25) is 0 Å². The molecule has 2 amide bonds. The van der Waals surface area contributed by atoms with E-state index in [2.05, 4.69) is 37.5 Å². The van der Waals surface area contributed by atoms with Crippen molar-refractivity contribution < 1.29 is 18.8 Å². The first-order chi connectivity index (χ1) is 20.3. The number of nitrogens with zero attached hydrogens (tertiary/aromatic N) is 4. The van der Waals surface area contributed by atoms with Gasteiger partial charge >= 0.3 is 6.03 Å². The molecule has 1 aromatic carbocycles. The third-order valence-corrected chi connectivity index (χ3v) is 6.39. The number of hydrogen-bond acceptors (Lipinski definition) is 7. The average molecular weight is 573 g/mol. The number of benzene rings is 1. The molecule has 10 heteroatoms. The molecular formula is C32H40N6O4. The molecule has 1 fully saturated rings. The zero-order valence-electron chi connectivity index (χ0n) is 25.1. The number of amides is 2. The molecule has 10 nitrogen and oxygen atoms in total. The number of rotatable bonds is 7. The van der Waals surface area contributed by atoms with Gasteiger partial charge in [0.15, 0.2) is 5.82 Å². The maximum absolute atomic E-state index is 12.4. The van der Waals surface area contributed by atoms with Crippen LogP contribution in [-0.2, 0) is 10.2 Å². The Bertz CT molecular complexity index is 1500. The van der Waals surface area contributed by atoms with Crippen molar-refractivity contribution in [3.63, 3.8) is 0 Å². The molecule has 0 aliphatic carbocycles. The van der Waals surface area contributed by atoms with Crippen LogP contribution in [0.5, 0.6) is 5.75 Å². The topological polar surface area (TPSA) is 106 Å². The lowest BCUT2D eigenvalue weighted by Crippen LogP contribution is -2.37. The van der Waals surface area contributed by atoms with Gasteiger partial charge < -0.3 is 23.7 Å². The predicted molar refractivity (Wildman–Crippen MR) is 164 cm³/mol. The van der Waals surface area contributed by atoms with E-state index in [-0.39, 0.29) is 5.41 Å². The number of imidazole rings is 1. The van der Waals surface area contributed by atoms with Gasteiger partial charge in [-0.15, -0.1) is 0 Å². The lowest BCUT2D eigenvalue weighted by atomic mass is 9.93. The van der Waals surface area contributed by atoms with E-state index >= 15 is 0 Å². The Morgan fingerprint density at radius 2 is 1.81 bits per heavy atom. The summed E-state index contributed by atoms with van der Waals surface area (Å²) in [6.07, 6.45) is 4.65. The molecule has 1 saturated heterocycles. The van der Waals surface area contributed by atoms with E-state index in [9.17, 15) is 4.79 Å². The first-order valence-corrected chi connectivity index (χ1v) is 14.4. The quantitative estimate of drug-likeness (QED) is 0.213. The van der Waals surface area contributed by atoms with Gasteiger partial charge in [0.05, 0.1) is 19.8 Å². The molecule has 1 aliphatic heterocycles. The zero-order valence-corrected chi connectivity index (χ0v) is 25.1. The largest absolute Gasteiger partial charge is 0.494 e. The molecule has 5 rings (SSSR count). The fourth-order valence-corrected chi connectivity index (χ4v) is 4.16. The van der Waals surface area contributed by atoms with Crippen molar-refractivity contribution in [3.8, 4) is 17.6 Å². The second-order valence-electron chi connectivity index (χ2n) is 10.6. The molecule has 42 heavy (non-hydrogen) atoms. The molecule has 2 N–H and O–H groups in total. The number of aromatic nitrogens is 3. The van der Waals surface area contributed by atoms with Crippen molar-refractivity contribution >= 4 is 23.2 Å². The Balaban J connectivity index is 0.00000198. The first kappa shape index (κ1) is 30.6. The normalized spacial score (nSPS) is 13.5. The highest BCUT2D eigenvalue weighted by atomic mass is 16.5. The molecular weight excluding hydrogens is 532 g/mol. The lowest BCUT2D eigenvalue weighted by Gasteiger charge is -2.26. The van der Waals surface area contributed by atoms with Crippen LogP contribution < -0.4 is 15.4 Å². The number of morpholine rings is 1. The number of ether oxygens (including phenoxy) is 2. The molecule has 4 heterocycles. The minimum absolute atomic E-state index is 0.198. The average Bonchev–Trinajstić information content (AvgIpc) is 3.63. The maximum Gasteiger partial charge on any atom is 0.324 e. The van der Waals surface area contributed by atoms with Crippen LogP contribution in [0.15, 0.2) is 59.4 Å². The monoisotopic (exact) mass is 572 g/mol. The molecule has 222 valence electrons. The molecule has 0 radical (unpaired) electrons. The molecule has 4 aromatic rings. The van der Waals surface area contributed by atoms with Gasteiger partial charge in [0, 0.05) is 60.8 Å². The smallest absolute Gasteiger partial charge is 0.324 e. The summed E-state index contributed by atoms with van der Waals surface area (Å²) in [5, 5.41) is 9.39. The van der Waals surface area contributed by atoms with Crippen molar-refractivity contribution in [3.05, 3.63) is 71.9 Å². The van der Waals surface area contributed by atoms with E-state index in [1.807, 2.05) is 75.7 Å². The molecule has 3 aromatic heterocycles. The summed E-state index contributed by atoms with van der Waals surface area (Å²) >= 11 is 0. The Labute approximate surface area is 247 Å². The molecule has 1 aliphatic rings. The van der Waals surface area contributed by atoms with Crippen molar-refractivity contribution in [1.82, 2.24) is 19.4 Å². The first-order valence-electron chi connectivity index (χ1n) is 14.4. The van der Waals surface area contributed by atoms with Crippen LogP contribution >= 0.6 is 0 Å². The van der Waals surface area contributed by atoms with E-state index in [0.29, 0.717) is 35.2 Å². The number of pyridine rings is 1. The summed E-state index contributed by atoms with van der Waals surface area (Å²) in [7, 11) is 0. The van der Waals surface area contributed by atoms with E-state index in [0.717, 1.165) is 50.6 Å². The minimum atomic E-state index is -0.422. The van der Waals surface area contributed by atoms with Crippen molar-refractivity contribution in [2.45, 2.75) is 46.5 Å². The highest BCUT2D eigenvalue weighted by Gasteiger charge is 2.20. The van der Waals surface area contributed by atoms with Gasteiger partial charge in [-0.05, 0) is 42.7 Å². The Morgan fingerprint density at radius 3 is 2.52 bits per heavy atom. The second-order valence-corrected chi connectivity index (χ2v) is 10.6. The minimum Gasteiger partial charge on any atom is -0.494 e. The van der Waals surface area contributed by atoms with Crippen molar-refractivity contribution in [1.29, 1.82) is 0 Å². The van der Waals surface area contributed by atoms with Crippen LogP contribution in [0.1, 0.15) is 58.1 Å². The van der Waals surface area contributed by atoms with Gasteiger partial charge in [-0.2, -0.15) is 0 Å². The van der Waals surface area contributed by atoms with Gasteiger partial charge in [-0.3, -0.25) is 10.2 Å². The van der Waals surface area contributed by atoms with E-state index < -0.39 is 6.03 Å². The number of urea groups is 1.